The van der Waals surface area contributed by atoms with Gasteiger partial charge >= 0.3 is 0 Å². The number of halogens is 2. The fourth-order valence-electron chi connectivity index (χ4n) is 9.32. The van der Waals surface area contributed by atoms with Crippen LogP contribution in [0.5, 0.6) is 0 Å². The van der Waals surface area contributed by atoms with E-state index in [0.29, 0.717) is 35.6 Å². The molecule has 0 unspecified atom stereocenters. The molecule has 2 fully saturated rings. The fourth-order valence-corrected chi connectivity index (χ4v) is 9.32. The van der Waals surface area contributed by atoms with Crippen molar-refractivity contribution in [1.29, 1.82) is 0 Å². The first-order valence-corrected chi connectivity index (χ1v) is 21.0. The van der Waals surface area contributed by atoms with Crippen LogP contribution >= 0.6 is 0 Å². The number of anilines is 2. The van der Waals surface area contributed by atoms with Gasteiger partial charge in [0.15, 0.2) is 0 Å². The van der Waals surface area contributed by atoms with Gasteiger partial charge in [0.2, 0.25) is 23.6 Å². The number of fused-ring (bicyclic) bond motifs is 2. The van der Waals surface area contributed by atoms with Crippen molar-refractivity contribution in [3.8, 4) is 22.3 Å². The van der Waals surface area contributed by atoms with E-state index in [-0.39, 0.29) is 58.4 Å². The second-order valence-corrected chi connectivity index (χ2v) is 18.6. The number of nitrogens with zero attached hydrogens (tertiary/aromatic N) is 6. The molecule has 0 radical (unpaired) electrons. The number of rotatable bonds is 8. The molecule has 4 atom stereocenters. The Balaban J connectivity index is 0.000000181. The van der Waals surface area contributed by atoms with Gasteiger partial charge in [0.25, 0.3) is 0 Å². The van der Waals surface area contributed by atoms with Crippen molar-refractivity contribution >= 4 is 35.3 Å². The van der Waals surface area contributed by atoms with Crippen LogP contribution in [0.4, 0.5) is 20.4 Å². The molecule has 8 rings (SSSR count). The van der Waals surface area contributed by atoms with Gasteiger partial charge in [0.05, 0.1) is 24.8 Å². The monoisotopic (exact) mass is 826 g/mol. The summed E-state index contributed by atoms with van der Waals surface area (Å²) in [5, 5.41) is 20.3. The summed E-state index contributed by atoms with van der Waals surface area (Å²) in [5.41, 5.74) is 4.49. The largest absolute Gasteiger partial charge is 0.354 e. The average Bonchev–Trinajstić information content (AvgIpc) is 3.91. The minimum Gasteiger partial charge on any atom is -0.354 e. The van der Waals surface area contributed by atoms with Crippen LogP contribution in [0.15, 0.2) is 36.9 Å². The Labute approximate surface area is 349 Å². The van der Waals surface area contributed by atoms with Crippen LogP contribution in [0.2, 0.25) is 0 Å². The third-order valence-corrected chi connectivity index (χ3v) is 12.0. The zero-order valence-electron chi connectivity index (χ0n) is 35.3. The topological polar surface area (TPSA) is 178 Å². The first kappa shape index (κ1) is 42.6. The lowest BCUT2D eigenvalue weighted by atomic mass is 9.85. The molecule has 2 aliphatic carbocycles. The zero-order valence-corrected chi connectivity index (χ0v) is 35.3. The van der Waals surface area contributed by atoms with E-state index in [1.807, 2.05) is 9.36 Å². The molecule has 6 heterocycles. The molecule has 2 saturated carbocycles. The summed E-state index contributed by atoms with van der Waals surface area (Å²) in [6.45, 7) is 13.2. The number of carbonyl (C=O) groups is 4. The normalized spacial score (nSPS) is 22.4. The summed E-state index contributed by atoms with van der Waals surface area (Å²) in [6, 6.07) is 3.21. The maximum atomic E-state index is 14.6. The molecule has 320 valence electrons. The van der Waals surface area contributed by atoms with E-state index in [1.165, 1.54) is 13.8 Å². The Kier molecular flexibility index (Phi) is 12.2. The molecule has 4 aliphatic rings. The second-order valence-electron chi connectivity index (χ2n) is 18.6. The molecule has 14 nitrogen and oxygen atoms in total. The maximum absolute atomic E-state index is 14.6. The lowest BCUT2D eigenvalue weighted by molar-refractivity contribution is -0.123. The molecular formula is C44H56F2N10O4. The van der Waals surface area contributed by atoms with Crippen molar-refractivity contribution in [2.45, 2.75) is 131 Å². The maximum Gasteiger partial charge on any atom is 0.228 e. The molecule has 0 bridgehead atoms. The van der Waals surface area contributed by atoms with Gasteiger partial charge in [-0.05, 0) is 74.3 Å². The molecule has 16 heteroatoms. The van der Waals surface area contributed by atoms with Crippen LogP contribution in [0.25, 0.3) is 22.3 Å². The Hall–Kier alpha value is -5.54. The molecular weight excluding hydrogens is 771 g/mol. The van der Waals surface area contributed by atoms with Gasteiger partial charge in [-0.25, -0.2) is 18.7 Å². The predicted octanol–water partition coefficient (Wildman–Crippen LogP) is 6.60. The third-order valence-electron chi connectivity index (χ3n) is 12.0. The minimum absolute atomic E-state index is 0.0158. The number of pyridine rings is 2. The number of amides is 4. The summed E-state index contributed by atoms with van der Waals surface area (Å²) in [7, 11) is 0. The van der Waals surface area contributed by atoms with E-state index < -0.39 is 11.6 Å². The molecule has 0 saturated heterocycles. The summed E-state index contributed by atoms with van der Waals surface area (Å²) in [5.74, 6) is -1.06. The van der Waals surface area contributed by atoms with Crippen molar-refractivity contribution < 1.29 is 28.0 Å². The lowest BCUT2D eigenvalue weighted by Crippen LogP contribution is -2.40. The highest BCUT2D eigenvalue weighted by Gasteiger charge is 2.35. The van der Waals surface area contributed by atoms with Crippen LogP contribution in [-0.4, -0.2) is 65.2 Å². The second kappa shape index (κ2) is 17.2. The summed E-state index contributed by atoms with van der Waals surface area (Å²) in [4.78, 5) is 56.3. The Bertz CT molecular complexity index is 2130. The van der Waals surface area contributed by atoms with Crippen LogP contribution in [-0.2, 0) is 45.1 Å². The van der Waals surface area contributed by atoms with Gasteiger partial charge in [-0.15, -0.1) is 0 Å². The van der Waals surface area contributed by atoms with Crippen LogP contribution in [0.1, 0.15) is 104 Å². The predicted molar refractivity (Wildman–Crippen MR) is 222 cm³/mol. The summed E-state index contributed by atoms with van der Waals surface area (Å²) < 4.78 is 33.1. The number of hydrogen-bond acceptors (Lipinski definition) is 8. The zero-order chi connectivity index (χ0) is 42.9. The average molecular weight is 827 g/mol. The van der Waals surface area contributed by atoms with Crippen LogP contribution in [0, 0.1) is 34.3 Å². The Morgan fingerprint density at radius 3 is 1.40 bits per heavy atom. The molecule has 4 aromatic heterocycles. The highest BCUT2D eigenvalue weighted by molar-refractivity contribution is 5.93. The van der Waals surface area contributed by atoms with Crippen molar-refractivity contribution in [1.82, 2.24) is 40.2 Å². The molecule has 4 amide bonds. The van der Waals surface area contributed by atoms with Gasteiger partial charge in [-0.1, -0.05) is 40.5 Å². The van der Waals surface area contributed by atoms with Crippen molar-refractivity contribution in [2.75, 3.05) is 10.6 Å². The first-order chi connectivity index (χ1) is 28.4. The van der Waals surface area contributed by atoms with E-state index in [0.717, 1.165) is 99.4 Å². The Morgan fingerprint density at radius 2 is 1.02 bits per heavy atom. The molecule has 60 heavy (non-hydrogen) atoms. The molecule has 2 aliphatic heterocycles. The van der Waals surface area contributed by atoms with Gasteiger partial charge in [-0.2, -0.15) is 10.2 Å². The quantitative estimate of drug-likeness (QED) is 0.154. The molecule has 0 aromatic carbocycles. The summed E-state index contributed by atoms with van der Waals surface area (Å²) in [6.07, 6.45) is 13.6. The number of carbonyl (C=O) groups excluding carboxylic acids is 4. The van der Waals surface area contributed by atoms with Crippen molar-refractivity contribution in [3.63, 3.8) is 0 Å². The van der Waals surface area contributed by atoms with Gasteiger partial charge in [-0.3, -0.25) is 28.5 Å². The van der Waals surface area contributed by atoms with Gasteiger partial charge in [0.1, 0.15) is 23.3 Å². The Morgan fingerprint density at radius 1 is 0.617 bits per heavy atom. The molecule has 4 aromatic rings. The third kappa shape index (κ3) is 9.90. The van der Waals surface area contributed by atoms with Crippen molar-refractivity contribution in [3.05, 3.63) is 59.9 Å². The first-order valence-electron chi connectivity index (χ1n) is 21.0. The minimum atomic E-state index is -0.433. The van der Waals surface area contributed by atoms with Gasteiger partial charge < -0.3 is 21.3 Å². The number of hydrogen-bond donors (Lipinski definition) is 4. The van der Waals surface area contributed by atoms with Gasteiger partial charge in [0, 0.05) is 84.5 Å². The lowest BCUT2D eigenvalue weighted by Gasteiger charge is -2.28. The van der Waals surface area contributed by atoms with E-state index in [2.05, 4.69) is 69.1 Å². The fraction of sp³-hybridized carbons (Fsp3) is 0.545. The summed E-state index contributed by atoms with van der Waals surface area (Å²) >= 11 is 0. The van der Waals surface area contributed by atoms with Crippen molar-refractivity contribution in [2.24, 2.45) is 22.7 Å². The van der Waals surface area contributed by atoms with E-state index in [4.69, 9.17) is 0 Å². The highest BCUT2D eigenvalue weighted by Crippen LogP contribution is 2.40. The van der Waals surface area contributed by atoms with Crippen LogP contribution < -0.4 is 21.3 Å². The van der Waals surface area contributed by atoms with E-state index in [9.17, 15) is 28.0 Å². The molecule has 0 spiro atoms. The van der Waals surface area contributed by atoms with Crippen LogP contribution in [0.3, 0.4) is 0 Å². The molecule has 4 N–H and O–H groups in total. The standard InChI is InChI=1S/2C22H28FN5O2/c2*1-13(29)26-15-6-4-5-14(7-15)21(30)27-20-8-16(18(23)11-24-20)17-10-25-28-12-22(2,3)9-19(17)28/h2*8,10-11,14-15H,4-7,9,12H2,1-3H3,(H,26,29)(H,24,27,30)/t2*14-,15-/m11/s1. The van der Waals surface area contributed by atoms with E-state index in [1.54, 1.807) is 24.5 Å². The smallest absolute Gasteiger partial charge is 0.228 e. The number of aromatic nitrogens is 6. The number of nitrogens with one attached hydrogen (secondary N) is 4. The highest BCUT2D eigenvalue weighted by atomic mass is 19.1. The SMILES string of the molecule is CC(=O)N[C@@H]1CCC[C@@H](C(=O)Nc2cc(-c3cnn4c3CC(C)(C)C4)c(F)cn2)C1.CC(=O)N[C@@H]1CCC[C@@H](C(=O)Nc2cc(-c3cnn4c3CC(C)(C)C4)c(F)cn2)C1. The van der Waals surface area contributed by atoms with E-state index >= 15 is 0 Å².